The van der Waals surface area contributed by atoms with Gasteiger partial charge in [-0.1, -0.05) is 160 Å². The maximum atomic E-state index is 6.74. The van der Waals surface area contributed by atoms with Crippen molar-refractivity contribution >= 4 is 28.8 Å². The summed E-state index contributed by atoms with van der Waals surface area (Å²) in [4.78, 5) is 0. The molecule has 5 rings (SSSR count). The Morgan fingerprint density at radius 3 is 1.50 bits per heavy atom. The van der Waals surface area contributed by atoms with E-state index in [-0.39, 0.29) is 5.41 Å². The van der Waals surface area contributed by atoms with E-state index in [1.54, 1.807) is 0 Å². The van der Waals surface area contributed by atoms with Crippen molar-refractivity contribution in [1.29, 1.82) is 0 Å². The number of aryl methyl sites for hydroxylation is 2. The Labute approximate surface area is 342 Å². The van der Waals surface area contributed by atoms with Crippen LogP contribution in [-0.2, 0) is 18.3 Å². The van der Waals surface area contributed by atoms with Crippen LogP contribution in [0.25, 0.3) is 11.1 Å². The Morgan fingerprint density at radius 2 is 1.05 bits per heavy atom. The topological polar surface area (TPSA) is 18.5 Å². The molecule has 4 aromatic carbocycles. The van der Waals surface area contributed by atoms with Gasteiger partial charge in [-0.25, -0.2) is 0 Å². The van der Waals surface area contributed by atoms with E-state index in [1.807, 2.05) is 12.2 Å². The predicted molar refractivity (Wildman–Crippen MR) is 247 cm³/mol. The van der Waals surface area contributed by atoms with E-state index >= 15 is 0 Å². The van der Waals surface area contributed by atoms with Crippen LogP contribution < -0.4 is 30.2 Å². The molecule has 0 saturated heterocycles. The van der Waals surface area contributed by atoms with Gasteiger partial charge in [0, 0.05) is 0 Å². The third kappa shape index (κ3) is 10.00. The van der Waals surface area contributed by atoms with E-state index in [0.717, 1.165) is 50.0 Å². The van der Waals surface area contributed by atoms with Crippen LogP contribution in [0.4, 0.5) is 0 Å². The molecule has 0 unspecified atom stereocenters. The number of hydrogen-bond donors (Lipinski definition) is 0. The second kappa shape index (κ2) is 20.6. The van der Waals surface area contributed by atoms with Gasteiger partial charge in [-0.3, -0.25) is 0 Å². The van der Waals surface area contributed by atoms with Gasteiger partial charge in [0.2, 0.25) is 0 Å². The fraction of sp³-hybridized carbons (Fsp3) is 0.472. The van der Waals surface area contributed by atoms with Gasteiger partial charge in [0.1, 0.15) is 11.5 Å². The van der Waals surface area contributed by atoms with E-state index in [4.69, 9.17) is 9.47 Å². The van der Waals surface area contributed by atoms with E-state index in [9.17, 15) is 0 Å². The molecule has 4 aromatic rings. The third-order valence-electron chi connectivity index (χ3n) is 11.8. The molecule has 56 heavy (non-hydrogen) atoms. The maximum absolute atomic E-state index is 6.74. The minimum Gasteiger partial charge on any atom is -0.493 e. The second-order valence-corrected chi connectivity index (χ2v) is 21.3. The number of benzene rings is 4. The van der Waals surface area contributed by atoms with Gasteiger partial charge in [0.25, 0.3) is 0 Å². The van der Waals surface area contributed by atoms with Crippen molar-refractivity contribution in [3.63, 3.8) is 0 Å². The monoisotopic (exact) mass is 769 g/mol. The van der Waals surface area contributed by atoms with E-state index in [1.165, 1.54) is 105 Å². The van der Waals surface area contributed by atoms with Crippen LogP contribution in [0, 0.1) is 0 Å². The Kier molecular flexibility index (Phi) is 15.9. The van der Waals surface area contributed by atoms with Crippen molar-refractivity contribution in [1.82, 2.24) is 0 Å². The molecular weight excluding hydrogens is 697 g/mol. The van der Waals surface area contributed by atoms with Crippen LogP contribution in [0.15, 0.2) is 98.1 Å². The maximum Gasteiger partial charge on any atom is 0.180 e. The standard InChI is InChI=1S/C53H72O2Si/c1-10-14-18-20-24-41-26-30-43(31-27-41)56(44-32-28-42(29-33-44)25-21-19-15-11-2)51-38-45(40(5)6)49(54-34-22-16-12-3)36-46(51)47-37-50(55-35-23-17-13-4)48(39-52(47)56)53(7,8)9/h12-13,26-33,36-40H,3-4,10-11,14-25,34-35H2,1-2,5-9H3. The molecule has 3 heteroatoms. The van der Waals surface area contributed by atoms with Gasteiger partial charge in [-0.2, -0.15) is 0 Å². The van der Waals surface area contributed by atoms with E-state index in [0.29, 0.717) is 19.1 Å². The predicted octanol–water partition coefficient (Wildman–Crippen LogP) is 12.4. The molecule has 1 aliphatic rings. The number of ether oxygens (including phenoxy) is 2. The van der Waals surface area contributed by atoms with Crippen LogP contribution in [0.1, 0.15) is 154 Å². The fourth-order valence-corrected chi connectivity index (χ4v) is 13.8. The molecule has 300 valence electrons. The van der Waals surface area contributed by atoms with Gasteiger partial charge in [-0.05, 0) is 129 Å². The van der Waals surface area contributed by atoms with Gasteiger partial charge < -0.3 is 9.47 Å². The van der Waals surface area contributed by atoms with Crippen molar-refractivity contribution in [2.24, 2.45) is 0 Å². The molecule has 0 saturated carbocycles. The first-order chi connectivity index (χ1) is 27.1. The highest BCUT2D eigenvalue weighted by molar-refractivity contribution is 7.22. The lowest BCUT2D eigenvalue weighted by atomic mass is 9.85. The molecule has 0 N–H and O–H groups in total. The van der Waals surface area contributed by atoms with Gasteiger partial charge in [0.05, 0.1) is 13.2 Å². The first-order valence-electron chi connectivity index (χ1n) is 22.1. The SMILES string of the molecule is C=CCCCOc1cc2c(cc1C(C)C)[Si](c1ccc(CCCCCC)cc1)(c1ccc(CCCCCC)cc1)c1cc(C(C)(C)C)c(OCCCC=C)cc1-2. The average molecular weight is 769 g/mol. The number of unbranched alkanes of at least 4 members (excludes halogenated alkanes) is 8. The van der Waals surface area contributed by atoms with Crippen LogP contribution in [0.2, 0.25) is 0 Å². The number of hydrogen-bond acceptors (Lipinski definition) is 2. The lowest BCUT2D eigenvalue weighted by Crippen LogP contribution is -2.73. The Morgan fingerprint density at radius 1 is 0.589 bits per heavy atom. The summed E-state index contributed by atoms with van der Waals surface area (Å²) < 4.78 is 13.4. The quantitative estimate of drug-likeness (QED) is 0.0374. The van der Waals surface area contributed by atoms with Gasteiger partial charge in [-0.15, -0.1) is 13.2 Å². The average Bonchev–Trinajstić information content (AvgIpc) is 3.47. The van der Waals surface area contributed by atoms with Crippen LogP contribution in [0.5, 0.6) is 11.5 Å². The molecule has 0 aliphatic carbocycles. The van der Waals surface area contributed by atoms with Gasteiger partial charge in [0.15, 0.2) is 8.07 Å². The zero-order valence-electron chi connectivity index (χ0n) is 36.2. The summed E-state index contributed by atoms with van der Waals surface area (Å²) in [6.45, 7) is 25.5. The first kappa shape index (κ1) is 43.3. The molecule has 1 heterocycles. The molecule has 0 amide bonds. The summed E-state index contributed by atoms with van der Waals surface area (Å²) in [5.41, 5.74) is 7.97. The molecule has 0 bridgehead atoms. The highest BCUT2D eigenvalue weighted by Crippen LogP contribution is 2.41. The van der Waals surface area contributed by atoms with Crippen LogP contribution >= 0.6 is 0 Å². The lowest BCUT2D eigenvalue weighted by molar-refractivity contribution is 0.304. The highest BCUT2D eigenvalue weighted by atomic mass is 28.3. The highest BCUT2D eigenvalue weighted by Gasteiger charge is 2.50. The fourth-order valence-electron chi connectivity index (χ4n) is 8.63. The zero-order valence-corrected chi connectivity index (χ0v) is 37.2. The molecule has 0 fully saturated rings. The lowest BCUT2D eigenvalue weighted by Gasteiger charge is -2.34. The molecular formula is C53H72O2Si. The number of fused-ring (bicyclic) bond motifs is 3. The van der Waals surface area contributed by atoms with Crippen molar-refractivity contribution in [3.8, 4) is 22.6 Å². The normalized spacial score (nSPS) is 13.1. The van der Waals surface area contributed by atoms with Gasteiger partial charge >= 0.3 is 0 Å². The molecule has 0 radical (unpaired) electrons. The second-order valence-electron chi connectivity index (χ2n) is 17.6. The smallest absolute Gasteiger partial charge is 0.180 e. The minimum absolute atomic E-state index is 0.106. The van der Waals surface area contributed by atoms with Crippen molar-refractivity contribution in [2.45, 2.75) is 150 Å². The van der Waals surface area contributed by atoms with Crippen LogP contribution in [0.3, 0.4) is 0 Å². The summed E-state index contributed by atoms with van der Waals surface area (Å²) >= 11 is 0. The Balaban J connectivity index is 1.79. The summed E-state index contributed by atoms with van der Waals surface area (Å²) in [5.74, 6) is 2.33. The van der Waals surface area contributed by atoms with Crippen LogP contribution in [-0.4, -0.2) is 21.3 Å². The first-order valence-corrected chi connectivity index (χ1v) is 24.1. The summed E-state index contributed by atoms with van der Waals surface area (Å²) in [7, 11) is -2.82. The molecule has 0 atom stereocenters. The Bertz CT molecular complexity index is 1800. The van der Waals surface area contributed by atoms with Crippen molar-refractivity contribution in [2.75, 3.05) is 13.2 Å². The van der Waals surface area contributed by atoms with E-state index in [2.05, 4.69) is 134 Å². The Hall–Kier alpha value is -3.82. The van der Waals surface area contributed by atoms with Crippen molar-refractivity contribution in [3.05, 3.63) is 120 Å². The molecule has 1 aliphatic heterocycles. The summed E-state index contributed by atoms with van der Waals surface area (Å²) in [5, 5.41) is 5.87. The number of allylic oxidation sites excluding steroid dienone is 2. The van der Waals surface area contributed by atoms with Crippen molar-refractivity contribution < 1.29 is 9.47 Å². The summed E-state index contributed by atoms with van der Waals surface area (Å²) in [6.07, 6.45) is 20.3. The molecule has 0 spiro atoms. The molecule has 0 aromatic heterocycles. The molecule has 2 nitrogen and oxygen atoms in total. The number of rotatable bonds is 23. The zero-order chi connectivity index (χ0) is 40.1. The third-order valence-corrected chi connectivity index (χ3v) is 16.7. The van der Waals surface area contributed by atoms with E-state index < -0.39 is 8.07 Å². The largest absolute Gasteiger partial charge is 0.493 e. The summed E-state index contributed by atoms with van der Waals surface area (Å²) in [6, 6.07) is 29.7. The minimum atomic E-state index is -2.82.